The van der Waals surface area contributed by atoms with Crippen LogP contribution in [0.1, 0.15) is 17.2 Å². The van der Waals surface area contributed by atoms with Gasteiger partial charge in [0.2, 0.25) is 0 Å². The lowest BCUT2D eigenvalue weighted by molar-refractivity contribution is 0.591. The van der Waals surface area contributed by atoms with E-state index in [1.54, 1.807) is 12.2 Å². The highest BCUT2D eigenvalue weighted by Gasteiger charge is 2.26. The minimum atomic E-state index is -0.480. The van der Waals surface area contributed by atoms with Crippen LogP contribution in [-0.2, 0) is 0 Å². The Morgan fingerprint density at radius 2 is 1.90 bits per heavy atom. The molecule has 0 saturated heterocycles. The van der Waals surface area contributed by atoms with E-state index in [0.717, 1.165) is 16.8 Å². The van der Waals surface area contributed by atoms with E-state index < -0.39 is 5.92 Å². The molecule has 0 saturated carbocycles. The van der Waals surface area contributed by atoms with Crippen molar-refractivity contribution in [2.75, 3.05) is 0 Å². The van der Waals surface area contributed by atoms with Gasteiger partial charge in [-0.2, -0.15) is 5.10 Å². The van der Waals surface area contributed by atoms with Crippen LogP contribution in [0.3, 0.4) is 0 Å². The predicted octanol–water partition coefficient (Wildman–Crippen LogP) is 4.61. The van der Waals surface area contributed by atoms with Gasteiger partial charge in [0.15, 0.2) is 5.15 Å². The van der Waals surface area contributed by atoms with Gasteiger partial charge in [0.05, 0.1) is 11.6 Å². The molecule has 0 bridgehead atoms. The molecule has 2 nitrogen and oxygen atoms in total. The highest BCUT2D eigenvalue weighted by Crippen LogP contribution is 2.41. The fraction of sp³-hybridized carbons (Fsp3) is 0.125. The average Bonchev–Trinajstić information content (AvgIpc) is 2.88. The van der Waals surface area contributed by atoms with Crippen molar-refractivity contribution in [3.8, 4) is 11.1 Å². The van der Waals surface area contributed by atoms with Gasteiger partial charge in [-0.05, 0) is 18.6 Å². The Bertz CT molecular complexity index is 708. The lowest BCUT2D eigenvalue weighted by Crippen LogP contribution is -2.04. The molecule has 1 aliphatic carbocycles. The van der Waals surface area contributed by atoms with Crippen LogP contribution in [0.2, 0.25) is 5.15 Å². The van der Waals surface area contributed by atoms with Crippen molar-refractivity contribution in [2.45, 2.75) is 12.8 Å². The van der Waals surface area contributed by atoms with E-state index in [1.807, 2.05) is 37.3 Å². The Hall–Kier alpha value is -2.00. The van der Waals surface area contributed by atoms with Crippen molar-refractivity contribution in [1.29, 1.82) is 0 Å². The van der Waals surface area contributed by atoms with Gasteiger partial charge < -0.3 is 0 Å². The quantitative estimate of drug-likeness (QED) is 0.805. The number of nitrogens with zero attached hydrogens (tertiary/aromatic N) is 2. The monoisotopic (exact) mass is 286 g/mol. The third-order valence-corrected chi connectivity index (χ3v) is 3.65. The number of allylic oxidation sites excluding steroid dienone is 4. The van der Waals surface area contributed by atoms with Gasteiger partial charge >= 0.3 is 0 Å². The molecule has 1 aromatic heterocycles. The molecule has 1 aliphatic rings. The highest BCUT2D eigenvalue weighted by molar-refractivity contribution is 6.30. The summed E-state index contributed by atoms with van der Waals surface area (Å²) in [7, 11) is 0. The minimum absolute atomic E-state index is 0.225. The molecule has 1 unspecified atom stereocenters. The molecule has 1 heterocycles. The lowest BCUT2D eigenvalue weighted by Gasteiger charge is -2.17. The summed E-state index contributed by atoms with van der Waals surface area (Å²) in [4.78, 5) is 0. The fourth-order valence-corrected chi connectivity index (χ4v) is 2.71. The maximum atomic E-state index is 14.0. The van der Waals surface area contributed by atoms with Crippen molar-refractivity contribution < 1.29 is 4.39 Å². The number of aromatic nitrogens is 2. The summed E-state index contributed by atoms with van der Waals surface area (Å²) in [6, 6.07) is 9.73. The largest absolute Gasteiger partial charge is 0.211 e. The van der Waals surface area contributed by atoms with Crippen LogP contribution in [-0.4, -0.2) is 10.2 Å². The molecule has 3 rings (SSSR count). The lowest BCUT2D eigenvalue weighted by atomic mass is 9.91. The smallest absolute Gasteiger partial charge is 0.156 e. The first-order chi connectivity index (χ1) is 9.68. The van der Waals surface area contributed by atoms with Gasteiger partial charge in [-0.1, -0.05) is 54.1 Å². The molecule has 1 aromatic carbocycles. The van der Waals surface area contributed by atoms with Crippen LogP contribution in [0.15, 0.2) is 54.4 Å². The fourth-order valence-electron chi connectivity index (χ4n) is 2.46. The van der Waals surface area contributed by atoms with Crippen LogP contribution in [0.5, 0.6) is 0 Å². The summed E-state index contributed by atoms with van der Waals surface area (Å²) in [6.07, 6.45) is 4.93. The van der Waals surface area contributed by atoms with Crippen LogP contribution in [0.25, 0.3) is 11.1 Å². The summed E-state index contributed by atoms with van der Waals surface area (Å²) in [6.45, 7) is 1.86. The first-order valence-corrected chi connectivity index (χ1v) is 6.68. The number of benzene rings is 1. The highest BCUT2D eigenvalue weighted by atomic mass is 35.5. The molecule has 1 atom stereocenters. The molecule has 0 fully saturated rings. The number of halogens is 2. The van der Waals surface area contributed by atoms with E-state index in [9.17, 15) is 4.39 Å². The second-order valence-electron chi connectivity index (χ2n) is 4.65. The van der Waals surface area contributed by atoms with Crippen LogP contribution >= 0.6 is 11.6 Å². The zero-order valence-corrected chi connectivity index (χ0v) is 11.6. The van der Waals surface area contributed by atoms with Gasteiger partial charge in [-0.3, -0.25) is 0 Å². The molecule has 0 amide bonds. The van der Waals surface area contributed by atoms with Crippen molar-refractivity contribution in [3.05, 3.63) is 70.8 Å². The number of aryl methyl sites for hydroxylation is 1. The van der Waals surface area contributed by atoms with Crippen LogP contribution in [0.4, 0.5) is 4.39 Å². The van der Waals surface area contributed by atoms with E-state index in [1.165, 1.54) is 6.08 Å². The van der Waals surface area contributed by atoms with Gasteiger partial charge in [0.1, 0.15) is 5.83 Å². The summed E-state index contributed by atoms with van der Waals surface area (Å²) in [5, 5.41) is 8.24. The molecule has 20 heavy (non-hydrogen) atoms. The standard InChI is InChI=1S/C16H12ClFN2/c1-10-14(11-6-3-2-4-7-11)15(16(17)20-19-10)12-8-5-9-13(12)18/h2-9,12H,1H3. The summed E-state index contributed by atoms with van der Waals surface area (Å²) in [5.41, 5.74) is 3.23. The Kier molecular flexibility index (Phi) is 3.36. The van der Waals surface area contributed by atoms with Gasteiger partial charge in [-0.15, -0.1) is 5.10 Å². The maximum Gasteiger partial charge on any atom is 0.156 e. The van der Waals surface area contributed by atoms with E-state index in [-0.39, 0.29) is 11.0 Å². The predicted molar refractivity (Wildman–Crippen MR) is 78.3 cm³/mol. The molecule has 0 radical (unpaired) electrons. The second kappa shape index (κ2) is 5.17. The Balaban J connectivity index is 2.26. The van der Waals surface area contributed by atoms with Crippen LogP contribution < -0.4 is 0 Å². The first kappa shape index (κ1) is 13.0. The molecule has 2 aromatic rings. The summed E-state index contributed by atoms with van der Waals surface area (Å²) in [5.74, 6) is -0.705. The van der Waals surface area contributed by atoms with Gasteiger partial charge in [0, 0.05) is 11.1 Å². The topological polar surface area (TPSA) is 25.8 Å². The van der Waals surface area contributed by atoms with E-state index in [0.29, 0.717) is 5.56 Å². The number of hydrogen-bond donors (Lipinski definition) is 0. The molecule has 4 heteroatoms. The van der Waals surface area contributed by atoms with E-state index in [4.69, 9.17) is 11.6 Å². The molecular formula is C16H12ClFN2. The van der Waals surface area contributed by atoms with E-state index in [2.05, 4.69) is 10.2 Å². The maximum absolute atomic E-state index is 14.0. The molecule has 0 N–H and O–H groups in total. The Morgan fingerprint density at radius 3 is 2.55 bits per heavy atom. The number of rotatable bonds is 2. The third-order valence-electron chi connectivity index (χ3n) is 3.37. The zero-order chi connectivity index (χ0) is 14.1. The summed E-state index contributed by atoms with van der Waals surface area (Å²) < 4.78 is 14.0. The Labute approximate surface area is 121 Å². The Morgan fingerprint density at radius 1 is 1.15 bits per heavy atom. The van der Waals surface area contributed by atoms with Crippen molar-refractivity contribution in [1.82, 2.24) is 10.2 Å². The normalized spacial score (nSPS) is 17.4. The van der Waals surface area contributed by atoms with Crippen molar-refractivity contribution >= 4 is 11.6 Å². The zero-order valence-electron chi connectivity index (χ0n) is 10.8. The van der Waals surface area contributed by atoms with Crippen molar-refractivity contribution in [2.24, 2.45) is 0 Å². The molecule has 100 valence electrons. The van der Waals surface area contributed by atoms with Crippen molar-refractivity contribution in [3.63, 3.8) is 0 Å². The summed E-state index contributed by atoms with van der Waals surface area (Å²) >= 11 is 6.20. The van der Waals surface area contributed by atoms with Gasteiger partial charge in [-0.25, -0.2) is 4.39 Å². The second-order valence-corrected chi connectivity index (χ2v) is 5.00. The molecule has 0 spiro atoms. The number of hydrogen-bond acceptors (Lipinski definition) is 2. The molecule has 0 aliphatic heterocycles. The molecular weight excluding hydrogens is 275 g/mol. The third kappa shape index (κ3) is 2.14. The van der Waals surface area contributed by atoms with Gasteiger partial charge in [0.25, 0.3) is 0 Å². The van der Waals surface area contributed by atoms with Crippen LogP contribution in [0, 0.1) is 6.92 Å². The SMILES string of the molecule is Cc1nnc(Cl)c(C2C=CC=C2F)c1-c1ccccc1. The average molecular weight is 287 g/mol. The first-order valence-electron chi connectivity index (χ1n) is 6.30. The van der Waals surface area contributed by atoms with E-state index >= 15 is 0 Å². The minimum Gasteiger partial charge on any atom is -0.211 e.